The van der Waals surface area contributed by atoms with Crippen molar-refractivity contribution >= 4 is 5.95 Å². The Bertz CT molecular complexity index is 1300. The Morgan fingerprint density at radius 1 is 0.912 bits per heavy atom. The molecule has 4 rings (SSSR count). The zero-order valence-corrected chi connectivity index (χ0v) is 18.5. The number of hydrogen-bond acceptors (Lipinski definition) is 4. The minimum atomic E-state index is -4.46. The standard InChI is InChI=1S/C26H23F3N4O/c1-33-24(34)22(19-9-11-21(12-10-19)26(27,28)29)23(20-13-16-30-17-14-20)32-25(33)31-15-5-8-18-6-3-2-4-7-18/h2-4,6-7,9-14,16-17H,5,8,15H2,1H3,(H,31,32). The highest BCUT2D eigenvalue weighted by Crippen LogP contribution is 2.33. The van der Waals surface area contributed by atoms with Crippen molar-refractivity contribution in [2.45, 2.75) is 19.0 Å². The van der Waals surface area contributed by atoms with Crippen LogP contribution >= 0.6 is 0 Å². The number of alkyl halides is 3. The van der Waals surface area contributed by atoms with E-state index in [1.807, 2.05) is 18.2 Å². The molecule has 0 saturated heterocycles. The Morgan fingerprint density at radius 3 is 2.24 bits per heavy atom. The molecule has 0 spiro atoms. The minimum absolute atomic E-state index is 0.234. The van der Waals surface area contributed by atoms with Crippen molar-refractivity contribution in [1.82, 2.24) is 14.5 Å². The average molecular weight is 464 g/mol. The third kappa shape index (κ3) is 5.17. The molecule has 0 bridgehead atoms. The van der Waals surface area contributed by atoms with Crippen LogP contribution in [0.15, 0.2) is 83.9 Å². The fourth-order valence-corrected chi connectivity index (χ4v) is 3.70. The molecule has 0 aliphatic carbocycles. The van der Waals surface area contributed by atoms with Crippen LogP contribution in [0, 0.1) is 0 Å². The topological polar surface area (TPSA) is 59.8 Å². The van der Waals surface area contributed by atoms with Crippen molar-refractivity contribution in [3.8, 4) is 22.4 Å². The first kappa shape index (κ1) is 23.2. The van der Waals surface area contributed by atoms with Gasteiger partial charge < -0.3 is 5.32 Å². The second-order valence-electron chi connectivity index (χ2n) is 7.85. The maximum atomic E-state index is 13.4. The number of nitrogens with one attached hydrogen (secondary N) is 1. The summed E-state index contributed by atoms with van der Waals surface area (Å²) in [5, 5.41) is 3.23. The van der Waals surface area contributed by atoms with Crippen LogP contribution in [0.5, 0.6) is 0 Å². The molecule has 2 aromatic heterocycles. The van der Waals surface area contributed by atoms with Gasteiger partial charge in [-0.1, -0.05) is 42.5 Å². The highest BCUT2D eigenvalue weighted by Gasteiger charge is 2.30. The monoisotopic (exact) mass is 464 g/mol. The van der Waals surface area contributed by atoms with Gasteiger partial charge in [0, 0.05) is 31.5 Å². The first-order valence-electron chi connectivity index (χ1n) is 10.8. The summed E-state index contributed by atoms with van der Waals surface area (Å²) in [6.07, 6.45) is 0.424. The number of rotatable bonds is 7. The van der Waals surface area contributed by atoms with Crippen LogP contribution in [-0.2, 0) is 19.6 Å². The Kier molecular flexibility index (Phi) is 6.77. The van der Waals surface area contributed by atoms with E-state index in [-0.39, 0.29) is 11.1 Å². The summed E-state index contributed by atoms with van der Waals surface area (Å²) in [4.78, 5) is 22.1. The molecule has 0 saturated carbocycles. The van der Waals surface area contributed by atoms with E-state index in [1.165, 1.54) is 22.3 Å². The molecule has 174 valence electrons. The van der Waals surface area contributed by atoms with Crippen molar-refractivity contribution in [3.63, 3.8) is 0 Å². The lowest BCUT2D eigenvalue weighted by atomic mass is 10.00. The van der Waals surface area contributed by atoms with Gasteiger partial charge in [0.05, 0.1) is 16.8 Å². The zero-order valence-electron chi connectivity index (χ0n) is 18.5. The predicted octanol–water partition coefficient (Wildman–Crippen LogP) is 5.57. The number of pyridine rings is 1. The fourth-order valence-electron chi connectivity index (χ4n) is 3.70. The summed E-state index contributed by atoms with van der Waals surface area (Å²) in [6.45, 7) is 0.602. The lowest BCUT2D eigenvalue weighted by Crippen LogP contribution is -2.25. The molecule has 0 aliphatic heterocycles. The largest absolute Gasteiger partial charge is 0.416 e. The van der Waals surface area contributed by atoms with Gasteiger partial charge in [0.2, 0.25) is 5.95 Å². The first-order chi connectivity index (χ1) is 16.3. The second kappa shape index (κ2) is 9.91. The highest BCUT2D eigenvalue weighted by molar-refractivity contribution is 5.80. The maximum absolute atomic E-state index is 13.4. The van der Waals surface area contributed by atoms with Crippen LogP contribution in [0.2, 0.25) is 0 Å². The summed E-state index contributed by atoms with van der Waals surface area (Å²) in [7, 11) is 1.60. The number of nitrogens with zero attached hydrogens (tertiary/aromatic N) is 3. The Hall–Kier alpha value is -3.94. The molecule has 0 amide bonds. The number of benzene rings is 2. The number of anilines is 1. The lowest BCUT2D eigenvalue weighted by Gasteiger charge is -2.16. The summed E-state index contributed by atoms with van der Waals surface area (Å²) in [5.74, 6) is 0.389. The molecule has 0 aliphatic rings. The molecule has 2 aromatic carbocycles. The van der Waals surface area contributed by atoms with E-state index in [9.17, 15) is 18.0 Å². The van der Waals surface area contributed by atoms with Gasteiger partial charge >= 0.3 is 6.18 Å². The number of aryl methyl sites for hydroxylation is 1. The predicted molar refractivity (Wildman–Crippen MR) is 126 cm³/mol. The molecular formula is C26H23F3N4O. The SMILES string of the molecule is Cn1c(NCCCc2ccccc2)nc(-c2ccncc2)c(-c2ccc(C(F)(F)F)cc2)c1=O. The van der Waals surface area contributed by atoms with Crippen molar-refractivity contribution < 1.29 is 13.2 Å². The van der Waals surface area contributed by atoms with Crippen LogP contribution in [-0.4, -0.2) is 21.1 Å². The van der Waals surface area contributed by atoms with E-state index >= 15 is 0 Å². The van der Waals surface area contributed by atoms with E-state index in [0.717, 1.165) is 25.0 Å². The lowest BCUT2D eigenvalue weighted by molar-refractivity contribution is -0.137. The molecule has 34 heavy (non-hydrogen) atoms. The molecule has 0 fully saturated rings. The summed E-state index contributed by atoms with van der Waals surface area (Å²) in [6, 6.07) is 18.1. The van der Waals surface area contributed by atoms with Gasteiger partial charge in [0.25, 0.3) is 5.56 Å². The maximum Gasteiger partial charge on any atom is 0.416 e. The fraction of sp³-hybridized carbons (Fsp3) is 0.192. The molecule has 8 heteroatoms. The molecular weight excluding hydrogens is 441 g/mol. The second-order valence-corrected chi connectivity index (χ2v) is 7.85. The molecule has 4 aromatic rings. The van der Waals surface area contributed by atoms with Crippen molar-refractivity contribution in [3.05, 3.63) is 101 Å². The Labute approximate surface area is 195 Å². The Balaban J connectivity index is 1.68. The molecule has 0 radical (unpaired) electrons. The molecule has 1 N–H and O–H groups in total. The number of halogens is 3. The van der Waals surface area contributed by atoms with E-state index in [0.29, 0.717) is 29.3 Å². The summed E-state index contributed by atoms with van der Waals surface area (Å²) >= 11 is 0. The number of hydrogen-bond donors (Lipinski definition) is 1. The third-order valence-corrected chi connectivity index (χ3v) is 5.51. The molecule has 2 heterocycles. The smallest absolute Gasteiger partial charge is 0.356 e. The van der Waals surface area contributed by atoms with E-state index < -0.39 is 11.7 Å². The summed E-state index contributed by atoms with van der Waals surface area (Å²) < 4.78 is 40.5. The summed E-state index contributed by atoms with van der Waals surface area (Å²) in [5.41, 5.74) is 1.73. The van der Waals surface area contributed by atoms with Gasteiger partial charge in [0.1, 0.15) is 0 Å². The van der Waals surface area contributed by atoms with Gasteiger partial charge in [-0.25, -0.2) is 4.98 Å². The van der Waals surface area contributed by atoms with Gasteiger partial charge in [0.15, 0.2) is 0 Å². The van der Waals surface area contributed by atoms with Crippen molar-refractivity contribution in [2.75, 3.05) is 11.9 Å². The zero-order chi connectivity index (χ0) is 24.1. The van der Waals surface area contributed by atoms with Crippen LogP contribution in [0.1, 0.15) is 17.5 Å². The van der Waals surface area contributed by atoms with E-state index in [2.05, 4.69) is 22.4 Å². The molecule has 0 atom stereocenters. The van der Waals surface area contributed by atoms with Gasteiger partial charge in [-0.2, -0.15) is 13.2 Å². The van der Waals surface area contributed by atoms with Gasteiger partial charge in [-0.05, 0) is 48.2 Å². The molecule has 0 unspecified atom stereocenters. The van der Waals surface area contributed by atoms with Gasteiger partial charge in [-0.15, -0.1) is 0 Å². The van der Waals surface area contributed by atoms with E-state index in [4.69, 9.17) is 4.98 Å². The average Bonchev–Trinajstić information content (AvgIpc) is 2.85. The van der Waals surface area contributed by atoms with Crippen molar-refractivity contribution in [2.24, 2.45) is 7.05 Å². The Morgan fingerprint density at radius 2 is 1.59 bits per heavy atom. The quantitative estimate of drug-likeness (QED) is 0.363. The van der Waals surface area contributed by atoms with Crippen LogP contribution < -0.4 is 10.9 Å². The van der Waals surface area contributed by atoms with Crippen LogP contribution in [0.25, 0.3) is 22.4 Å². The highest BCUT2D eigenvalue weighted by atomic mass is 19.4. The normalized spacial score (nSPS) is 11.4. The minimum Gasteiger partial charge on any atom is -0.356 e. The van der Waals surface area contributed by atoms with E-state index in [1.54, 1.807) is 31.6 Å². The number of aromatic nitrogens is 3. The molecule has 5 nitrogen and oxygen atoms in total. The van der Waals surface area contributed by atoms with Crippen molar-refractivity contribution in [1.29, 1.82) is 0 Å². The van der Waals surface area contributed by atoms with Crippen LogP contribution in [0.3, 0.4) is 0 Å². The van der Waals surface area contributed by atoms with Crippen LogP contribution in [0.4, 0.5) is 19.1 Å². The third-order valence-electron chi connectivity index (χ3n) is 5.51. The van der Waals surface area contributed by atoms with Gasteiger partial charge in [-0.3, -0.25) is 14.3 Å². The first-order valence-corrected chi connectivity index (χ1v) is 10.8.